The van der Waals surface area contributed by atoms with Gasteiger partial charge in [0.05, 0.1) is 38.8 Å². The fraction of sp³-hybridized carbons (Fsp3) is 0.0211. The summed E-state index contributed by atoms with van der Waals surface area (Å²) in [6.07, 6.45) is 0. The SMILES string of the molecule is c1cc(-c2ccc3c(c2)C2(c4ccccc4O3)c3ccccc3-c3ccccc32)cc(-c2ccc3c4ccccc4n4c5ccc(-c6ccc(-c7ccc(-c8cccc(-c9ccc%10c(c9)C9(c%11ccccc%11O%10)c%10ccccc%10-c%10ccccc%109)c8)nn7)c7ccccc67)cc5nc4c3c2)c1. The predicted molar refractivity (Wildman–Crippen MR) is 408 cm³/mol. The highest BCUT2D eigenvalue weighted by Crippen LogP contribution is 2.64. The van der Waals surface area contributed by atoms with E-state index < -0.39 is 10.8 Å². The van der Waals surface area contributed by atoms with Crippen molar-refractivity contribution >= 4 is 49.1 Å². The first-order chi connectivity index (χ1) is 50.0. The molecule has 6 nitrogen and oxygen atoms in total. The number of ether oxygens (including phenoxy) is 2. The van der Waals surface area contributed by atoms with E-state index in [4.69, 9.17) is 24.7 Å². The molecule has 0 saturated heterocycles. The minimum Gasteiger partial charge on any atom is -0.457 e. The molecular formula is C95H56N4O2. The smallest absolute Gasteiger partial charge is 0.146 e. The first-order valence-electron chi connectivity index (χ1n) is 34.6. The maximum atomic E-state index is 6.81. The number of aromatic nitrogens is 4. The minimum absolute atomic E-state index is 0.548. The number of para-hydroxylation sites is 3. The second-order valence-electron chi connectivity index (χ2n) is 27.2. The summed E-state index contributed by atoms with van der Waals surface area (Å²) in [5, 5.41) is 15.6. The molecular weight excluding hydrogens is 1230 g/mol. The van der Waals surface area contributed by atoms with Crippen LogP contribution in [0.25, 0.3) is 138 Å². The van der Waals surface area contributed by atoms with Gasteiger partial charge in [-0.2, -0.15) is 0 Å². The molecule has 2 aliphatic heterocycles. The predicted octanol–water partition coefficient (Wildman–Crippen LogP) is 23.7. The van der Waals surface area contributed by atoms with Gasteiger partial charge >= 0.3 is 0 Å². The summed E-state index contributed by atoms with van der Waals surface area (Å²) in [5.41, 5.74) is 30.2. The van der Waals surface area contributed by atoms with Gasteiger partial charge in [-0.15, -0.1) is 10.2 Å². The van der Waals surface area contributed by atoms with E-state index in [1.807, 2.05) is 0 Å². The van der Waals surface area contributed by atoms with Crippen LogP contribution in [0.1, 0.15) is 44.5 Å². The van der Waals surface area contributed by atoms with Gasteiger partial charge in [-0.25, -0.2) is 4.98 Å². The summed E-state index contributed by atoms with van der Waals surface area (Å²) in [5.74, 6) is 3.51. The lowest BCUT2D eigenvalue weighted by atomic mass is 9.66. The van der Waals surface area contributed by atoms with E-state index in [2.05, 4.69) is 344 Å². The van der Waals surface area contributed by atoms with Crippen molar-refractivity contribution in [3.63, 3.8) is 0 Å². The summed E-state index contributed by atoms with van der Waals surface area (Å²) in [7, 11) is 0. The lowest BCUT2D eigenvalue weighted by Gasteiger charge is -2.39. The van der Waals surface area contributed by atoms with Crippen LogP contribution in [0.3, 0.4) is 0 Å². The van der Waals surface area contributed by atoms with E-state index in [1.54, 1.807) is 0 Å². The summed E-state index contributed by atoms with van der Waals surface area (Å²) in [4.78, 5) is 5.59. The molecule has 3 aromatic heterocycles. The fourth-order valence-electron chi connectivity index (χ4n) is 17.9. The Bertz CT molecular complexity index is 6530. The Morgan fingerprint density at radius 3 is 1.23 bits per heavy atom. The summed E-state index contributed by atoms with van der Waals surface area (Å²) in [6, 6.07) is 123. The molecule has 5 heterocycles. The zero-order chi connectivity index (χ0) is 66.1. The van der Waals surface area contributed by atoms with E-state index in [9.17, 15) is 0 Å². The molecule has 0 bridgehead atoms. The second-order valence-corrected chi connectivity index (χ2v) is 27.2. The number of benzene rings is 15. The molecule has 101 heavy (non-hydrogen) atoms. The van der Waals surface area contributed by atoms with Crippen LogP contribution in [0.2, 0.25) is 0 Å². The van der Waals surface area contributed by atoms with Crippen LogP contribution in [0.15, 0.2) is 340 Å². The highest BCUT2D eigenvalue weighted by atomic mass is 16.5. The van der Waals surface area contributed by atoms with Crippen molar-refractivity contribution in [2.45, 2.75) is 10.8 Å². The number of fused-ring (bicyclic) bond motifs is 27. The maximum Gasteiger partial charge on any atom is 0.146 e. The molecule has 0 atom stereocenters. The zero-order valence-electron chi connectivity index (χ0n) is 54.4. The highest BCUT2D eigenvalue weighted by Gasteiger charge is 2.53. The quantitative estimate of drug-likeness (QED) is 0.155. The first-order valence-corrected chi connectivity index (χ1v) is 34.6. The Hall–Kier alpha value is -13.3. The largest absolute Gasteiger partial charge is 0.457 e. The van der Waals surface area contributed by atoms with Gasteiger partial charge in [0.25, 0.3) is 0 Å². The molecule has 15 aromatic carbocycles. The molecule has 0 unspecified atom stereocenters. The van der Waals surface area contributed by atoms with Crippen molar-refractivity contribution in [3.8, 4) is 112 Å². The molecule has 2 aliphatic carbocycles. The van der Waals surface area contributed by atoms with Crippen molar-refractivity contribution in [2.75, 3.05) is 0 Å². The third-order valence-electron chi connectivity index (χ3n) is 22.2. The fourth-order valence-corrected chi connectivity index (χ4v) is 17.9. The van der Waals surface area contributed by atoms with E-state index in [1.165, 1.54) is 49.9 Å². The van der Waals surface area contributed by atoms with Gasteiger partial charge in [-0.1, -0.05) is 255 Å². The van der Waals surface area contributed by atoms with Crippen molar-refractivity contribution < 1.29 is 9.47 Å². The number of hydrogen-bond donors (Lipinski definition) is 0. The monoisotopic (exact) mass is 1280 g/mol. The van der Waals surface area contributed by atoms with Gasteiger partial charge < -0.3 is 9.47 Å². The average molecular weight is 1290 g/mol. The van der Waals surface area contributed by atoms with E-state index in [0.29, 0.717) is 0 Å². The number of nitrogens with zero attached hydrogens (tertiary/aromatic N) is 4. The van der Waals surface area contributed by atoms with Crippen LogP contribution < -0.4 is 9.47 Å². The Morgan fingerprint density at radius 2 is 0.653 bits per heavy atom. The van der Waals surface area contributed by atoms with Crippen LogP contribution in [0.5, 0.6) is 23.0 Å². The molecule has 0 saturated carbocycles. The van der Waals surface area contributed by atoms with E-state index >= 15 is 0 Å². The summed E-state index contributed by atoms with van der Waals surface area (Å²) in [6.45, 7) is 0. The molecule has 468 valence electrons. The van der Waals surface area contributed by atoms with Crippen molar-refractivity contribution in [1.29, 1.82) is 0 Å². The average Bonchev–Trinajstić information content (AvgIpc) is 1.56. The first kappa shape index (κ1) is 55.8. The molecule has 18 aromatic rings. The molecule has 0 amide bonds. The van der Waals surface area contributed by atoms with Gasteiger partial charge in [-0.3, -0.25) is 4.40 Å². The van der Waals surface area contributed by atoms with Gasteiger partial charge in [0.2, 0.25) is 0 Å². The van der Waals surface area contributed by atoms with Crippen molar-refractivity contribution in [2.24, 2.45) is 0 Å². The topological polar surface area (TPSA) is 61.5 Å². The lowest BCUT2D eigenvalue weighted by Crippen LogP contribution is -2.32. The van der Waals surface area contributed by atoms with Crippen LogP contribution in [0, 0.1) is 0 Å². The van der Waals surface area contributed by atoms with Gasteiger partial charge in [-0.05, 0) is 190 Å². The molecule has 0 N–H and O–H groups in total. The molecule has 0 fully saturated rings. The minimum atomic E-state index is -0.548. The highest BCUT2D eigenvalue weighted by molar-refractivity contribution is 6.15. The van der Waals surface area contributed by atoms with E-state index in [0.717, 1.165) is 156 Å². The van der Waals surface area contributed by atoms with E-state index in [-0.39, 0.29) is 0 Å². The summed E-state index contributed by atoms with van der Waals surface area (Å²) >= 11 is 0. The van der Waals surface area contributed by atoms with Crippen molar-refractivity contribution in [1.82, 2.24) is 19.6 Å². The number of hydrogen-bond acceptors (Lipinski definition) is 5. The second kappa shape index (κ2) is 21.1. The molecule has 2 spiro atoms. The molecule has 0 radical (unpaired) electrons. The third kappa shape index (κ3) is 7.84. The van der Waals surface area contributed by atoms with Gasteiger partial charge in [0, 0.05) is 44.2 Å². The van der Waals surface area contributed by atoms with Gasteiger partial charge in [0.1, 0.15) is 28.6 Å². The normalized spacial score (nSPS) is 13.7. The number of rotatable bonds is 6. The van der Waals surface area contributed by atoms with Crippen LogP contribution in [-0.2, 0) is 10.8 Å². The summed E-state index contributed by atoms with van der Waals surface area (Å²) < 4.78 is 15.9. The molecule has 6 heteroatoms. The van der Waals surface area contributed by atoms with Crippen molar-refractivity contribution in [3.05, 3.63) is 384 Å². The molecule has 4 aliphatic rings. The van der Waals surface area contributed by atoms with Crippen LogP contribution in [0.4, 0.5) is 0 Å². The number of pyridine rings is 1. The Labute approximate surface area is 582 Å². The Kier molecular flexibility index (Phi) is 11.7. The Morgan fingerprint density at radius 1 is 0.228 bits per heavy atom. The lowest BCUT2D eigenvalue weighted by molar-refractivity contribution is 0.436. The number of imidazole rings is 1. The third-order valence-corrected chi connectivity index (χ3v) is 22.2. The molecule has 22 rings (SSSR count). The van der Waals surface area contributed by atoms with Crippen LogP contribution in [-0.4, -0.2) is 19.6 Å². The zero-order valence-corrected chi connectivity index (χ0v) is 54.4. The van der Waals surface area contributed by atoms with Gasteiger partial charge in [0.15, 0.2) is 0 Å². The standard InChI is InChI=1S/C95H56N4O2/c1-2-24-67-66(23-1)65(44-45-73(67)85-47-46-84(97-98-85)64-22-18-21-59(52-64)62-42-50-92-83(55-62)95(81-35-13-16-38-90(81)101-92)78-32-10-5-27-71(78)72-28-6-11-33-79(72)95)63-40-48-88-86(56-63)96-93-75-53-60(39-43-68(75)74-29-7-14-36-87(74)99(88)93)57-19-17-20-58(51-57)61-41-49-91-82(54-61)94(80-34-12-15-37-89(80)100-91)76-30-8-3-25-69(76)70-26-4-9-31-77(70)94/h1-56H. The maximum absolute atomic E-state index is 6.81. The van der Waals surface area contributed by atoms with Crippen LogP contribution >= 0.6 is 0 Å². The Balaban J connectivity index is 0.595.